The molecule has 4 nitrogen and oxygen atoms in total. The van der Waals surface area contributed by atoms with Crippen LogP contribution in [0.3, 0.4) is 0 Å². The second kappa shape index (κ2) is 5.00. The minimum Gasteiger partial charge on any atom is -0.381 e. The van der Waals surface area contributed by atoms with Crippen LogP contribution in [0.25, 0.3) is 0 Å². The highest BCUT2D eigenvalue weighted by molar-refractivity contribution is 5.83. The van der Waals surface area contributed by atoms with Crippen LogP contribution in [0, 0.1) is 19.8 Å². The fourth-order valence-electron chi connectivity index (χ4n) is 2.39. The van der Waals surface area contributed by atoms with Crippen molar-refractivity contribution < 1.29 is 9.53 Å². The van der Waals surface area contributed by atoms with Gasteiger partial charge in [-0.05, 0) is 26.7 Å². The van der Waals surface area contributed by atoms with Gasteiger partial charge >= 0.3 is 0 Å². The van der Waals surface area contributed by atoms with Crippen LogP contribution in [-0.4, -0.2) is 28.8 Å². The number of ketones is 1. The molecule has 1 fully saturated rings. The molecule has 1 aromatic rings. The summed E-state index contributed by atoms with van der Waals surface area (Å²) >= 11 is 0. The van der Waals surface area contributed by atoms with Gasteiger partial charge in [0.15, 0.2) is 0 Å². The number of ether oxygens (including phenoxy) is 1. The van der Waals surface area contributed by atoms with Crippen molar-refractivity contribution in [1.82, 2.24) is 9.78 Å². The van der Waals surface area contributed by atoms with Gasteiger partial charge in [-0.2, -0.15) is 5.10 Å². The lowest BCUT2D eigenvalue weighted by atomic mass is 9.92. The molecule has 94 valence electrons. The van der Waals surface area contributed by atoms with Crippen LogP contribution in [0.15, 0.2) is 0 Å². The molecule has 17 heavy (non-hydrogen) atoms. The van der Waals surface area contributed by atoms with E-state index in [2.05, 4.69) is 5.10 Å². The summed E-state index contributed by atoms with van der Waals surface area (Å²) < 4.78 is 7.21. The maximum absolute atomic E-state index is 12.2. The van der Waals surface area contributed by atoms with Gasteiger partial charge in [0.1, 0.15) is 5.78 Å². The Hall–Kier alpha value is -1.16. The first kappa shape index (κ1) is 12.3. The van der Waals surface area contributed by atoms with Gasteiger partial charge in [0.2, 0.25) is 0 Å². The predicted octanol–water partition coefficient (Wildman–Crippen LogP) is 1.58. The first-order valence-corrected chi connectivity index (χ1v) is 6.19. The van der Waals surface area contributed by atoms with Crippen LogP contribution in [0.4, 0.5) is 0 Å². The molecule has 0 spiro atoms. The smallest absolute Gasteiger partial charge is 0.142 e. The van der Waals surface area contributed by atoms with E-state index in [0.717, 1.165) is 36.4 Å². The van der Waals surface area contributed by atoms with Crippen LogP contribution >= 0.6 is 0 Å². The van der Waals surface area contributed by atoms with E-state index < -0.39 is 0 Å². The summed E-state index contributed by atoms with van der Waals surface area (Å²) in [5.41, 5.74) is 3.14. The maximum atomic E-state index is 12.2. The molecule has 2 rings (SSSR count). The average molecular weight is 236 g/mol. The molecule has 1 aliphatic heterocycles. The molecule has 0 saturated carbocycles. The summed E-state index contributed by atoms with van der Waals surface area (Å²) in [6.45, 7) is 5.37. The molecule has 1 saturated heterocycles. The molecule has 1 unspecified atom stereocenters. The number of hydrogen-bond acceptors (Lipinski definition) is 3. The maximum Gasteiger partial charge on any atom is 0.142 e. The molecular weight excluding hydrogens is 216 g/mol. The summed E-state index contributed by atoms with van der Waals surface area (Å²) in [5.74, 6) is 0.381. The molecule has 1 atom stereocenters. The van der Waals surface area contributed by atoms with Gasteiger partial charge in [-0.15, -0.1) is 0 Å². The molecule has 1 aromatic heterocycles. The Labute approximate surface area is 102 Å². The molecule has 0 N–H and O–H groups in total. The quantitative estimate of drug-likeness (QED) is 0.800. The Morgan fingerprint density at radius 1 is 1.53 bits per heavy atom. The fraction of sp³-hybridized carbons (Fsp3) is 0.692. The Kier molecular flexibility index (Phi) is 3.62. The van der Waals surface area contributed by atoms with Crippen molar-refractivity contribution in [3.8, 4) is 0 Å². The average Bonchev–Trinajstić information content (AvgIpc) is 2.57. The summed E-state index contributed by atoms with van der Waals surface area (Å²) in [6, 6.07) is 0. The molecular formula is C13H20N2O2. The SMILES string of the molecule is Cc1nn(C)c(C)c1CC(=O)C1CCCOC1. The van der Waals surface area contributed by atoms with E-state index in [1.54, 1.807) is 0 Å². The van der Waals surface area contributed by atoms with Gasteiger partial charge in [0.25, 0.3) is 0 Å². The molecule has 0 aromatic carbocycles. The highest BCUT2D eigenvalue weighted by Crippen LogP contribution is 2.19. The van der Waals surface area contributed by atoms with Crippen molar-refractivity contribution in [3.05, 3.63) is 17.0 Å². The second-order valence-electron chi connectivity index (χ2n) is 4.83. The Balaban J connectivity index is 2.07. The molecule has 0 bridgehead atoms. The number of aromatic nitrogens is 2. The minimum atomic E-state index is 0.0859. The van der Waals surface area contributed by atoms with Crippen LogP contribution in [-0.2, 0) is 23.0 Å². The third-order valence-corrected chi connectivity index (χ3v) is 3.63. The Morgan fingerprint density at radius 2 is 2.29 bits per heavy atom. The van der Waals surface area contributed by atoms with Crippen molar-refractivity contribution in [1.29, 1.82) is 0 Å². The number of aryl methyl sites for hydroxylation is 2. The zero-order valence-electron chi connectivity index (χ0n) is 10.8. The monoisotopic (exact) mass is 236 g/mol. The van der Waals surface area contributed by atoms with Crippen LogP contribution in [0.5, 0.6) is 0 Å². The standard InChI is InChI=1S/C13H20N2O2/c1-9-12(10(2)15(3)14-9)7-13(16)11-5-4-6-17-8-11/h11H,4-8H2,1-3H3. The highest BCUT2D eigenvalue weighted by Gasteiger charge is 2.23. The lowest BCUT2D eigenvalue weighted by molar-refractivity contribution is -0.126. The Morgan fingerprint density at radius 3 is 2.82 bits per heavy atom. The van der Waals surface area contributed by atoms with Gasteiger partial charge in [-0.25, -0.2) is 0 Å². The van der Waals surface area contributed by atoms with E-state index in [1.165, 1.54) is 0 Å². The molecule has 0 amide bonds. The number of nitrogens with zero attached hydrogens (tertiary/aromatic N) is 2. The number of hydrogen-bond donors (Lipinski definition) is 0. The molecule has 2 heterocycles. The van der Waals surface area contributed by atoms with Crippen LogP contribution in [0.2, 0.25) is 0 Å². The number of Topliss-reactive ketones (excluding diaryl/α,β-unsaturated/α-hetero) is 1. The predicted molar refractivity (Wildman–Crippen MR) is 64.9 cm³/mol. The fourth-order valence-corrected chi connectivity index (χ4v) is 2.39. The molecule has 4 heteroatoms. The van der Waals surface area contributed by atoms with Gasteiger partial charge in [0.05, 0.1) is 12.3 Å². The minimum absolute atomic E-state index is 0.0859. The van der Waals surface area contributed by atoms with E-state index in [1.807, 2.05) is 25.6 Å². The summed E-state index contributed by atoms with van der Waals surface area (Å²) in [4.78, 5) is 12.2. The lowest BCUT2D eigenvalue weighted by Gasteiger charge is -2.20. The molecule has 0 aliphatic carbocycles. The van der Waals surface area contributed by atoms with E-state index in [0.29, 0.717) is 18.8 Å². The van der Waals surface area contributed by atoms with Gasteiger partial charge < -0.3 is 4.74 Å². The first-order chi connectivity index (χ1) is 8.09. The zero-order valence-corrected chi connectivity index (χ0v) is 10.8. The van der Waals surface area contributed by atoms with E-state index >= 15 is 0 Å². The van der Waals surface area contributed by atoms with E-state index in [-0.39, 0.29) is 5.92 Å². The summed E-state index contributed by atoms with van der Waals surface area (Å²) in [6.07, 6.45) is 2.47. The number of carbonyl (C=O) groups is 1. The topological polar surface area (TPSA) is 44.1 Å². The molecule has 1 aliphatic rings. The molecule has 0 radical (unpaired) electrons. The number of rotatable bonds is 3. The van der Waals surface area contributed by atoms with Crippen LogP contribution in [0.1, 0.15) is 29.8 Å². The zero-order chi connectivity index (χ0) is 12.4. The number of carbonyl (C=O) groups excluding carboxylic acids is 1. The van der Waals surface area contributed by atoms with Gasteiger partial charge in [-0.3, -0.25) is 9.48 Å². The van der Waals surface area contributed by atoms with Gasteiger partial charge in [-0.1, -0.05) is 0 Å². The van der Waals surface area contributed by atoms with Crippen molar-refractivity contribution in [3.63, 3.8) is 0 Å². The van der Waals surface area contributed by atoms with Crippen molar-refractivity contribution >= 4 is 5.78 Å². The normalized spacial score (nSPS) is 20.5. The van der Waals surface area contributed by atoms with E-state index in [9.17, 15) is 4.79 Å². The summed E-state index contributed by atoms with van der Waals surface area (Å²) in [7, 11) is 1.92. The third kappa shape index (κ3) is 2.57. The van der Waals surface area contributed by atoms with Crippen LogP contribution < -0.4 is 0 Å². The lowest BCUT2D eigenvalue weighted by Crippen LogP contribution is -2.26. The third-order valence-electron chi connectivity index (χ3n) is 3.63. The van der Waals surface area contributed by atoms with Crippen molar-refractivity contribution in [2.24, 2.45) is 13.0 Å². The van der Waals surface area contributed by atoms with Crippen molar-refractivity contribution in [2.45, 2.75) is 33.1 Å². The first-order valence-electron chi connectivity index (χ1n) is 6.19. The van der Waals surface area contributed by atoms with Gasteiger partial charge in [0, 0.05) is 37.3 Å². The van der Waals surface area contributed by atoms with E-state index in [4.69, 9.17) is 4.74 Å². The summed E-state index contributed by atoms with van der Waals surface area (Å²) in [5, 5.41) is 4.34. The Bertz CT molecular complexity index is 417. The second-order valence-corrected chi connectivity index (χ2v) is 4.83. The van der Waals surface area contributed by atoms with Crippen molar-refractivity contribution in [2.75, 3.05) is 13.2 Å². The highest BCUT2D eigenvalue weighted by atomic mass is 16.5. The largest absolute Gasteiger partial charge is 0.381 e.